The topological polar surface area (TPSA) is 73.1 Å². The molecule has 0 aromatic heterocycles. The van der Waals surface area contributed by atoms with Gasteiger partial charge in [0.1, 0.15) is 0 Å². The molecule has 0 saturated carbocycles. The van der Waals surface area contributed by atoms with Gasteiger partial charge in [-0.05, 0) is 12.1 Å². The number of carbonyl (C=O) groups is 1. The van der Waals surface area contributed by atoms with Crippen molar-refractivity contribution in [1.29, 1.82) is 5.26 Å². The Morgan fingerprint density at radius 1 is 1.19 bits per heavy atom. The Labute approximate surface area is 91.7 Å². The molecule has 2 aromatic rings. The van der Waals surface area contributed by atoms with E-state index in [1.165, 1.54) is 0 Å². The van der Waals surface area contributed by atoms with Gasteiger partial charge in [0.25, 0.3) is 0 Å². The van der Waals surface area contributed by atoms with E-state index in [4.69, 9.17) is 10.4 Å². The molecule has 2 aromatic carbocycles. The zero-order valence-corrected chi connectivity index (χ0v) is 8.27. The highest BCUT2D eigenvalue weighted by molar-refractivity contribution is 6.01. The van der Waals surface area contributed by atoms with Crippen molar-refractivity contribution in [3.05, 3.63) is 42.0 Å². The van der Waals surface area contributed by atoms with Crippen molar-refractivity contribution in [2.45, 2.75) is 0 Å². The summed E-state index contributed by atoms with van der Waals surface area (Å²) in [7, 11) is 0. The van der Waals surface area contributed by atoms with Crippen LogP contribution in [0.1, 0.15) is 5.56 Å². The zero-order valence-electron chi connectivity index (χ0n) is 8.27. The fourth-order valence-corrected chi connectivity index (χ4v) is 1.62. The van der Waals surface area contributed by atoms with Crippen LogP contribution in [0.4, 0.5) is 10.5 Å². The number of carboxylic acid groups (broad SMARTS) is 1. The summed E-state index contributed by atoms with van der Waals surface area (Å²) < 4.78 is 0. The molecule has 0 aliphatic heterocycles. The van der Waals surface area contributed by atoms with Gasteiger partial charge in [-0.25, -0.2) is 4.79 Å². The number of rotatable bonds is 1. The fraction of sp³-hybridized carbons (Fsp3) is 0. The Balaban J connectivity index is 2.70. The first-order valence-corrected chi connectivity index (χ1v) is 4.64. The van der Waals surface area contributed by atoms with E-state index in [0.29, 0.717) is 11.3 Å². The number of hydrogen-bond acceptors (Lipinski definition) is 2. The van der Waals surface area contributed by atoms with E-state index in [1.807, 2.05) is 6.07 Å². The van der Waals surface area contributed by atoms with E-state index < -0.39 is 6.09 Å². The lowest BCUT2D eigenvalue weighted by Crippen LogP contribution is -2.07. The van der Waals surface area contributed by atoms with E-state index in [9.17, 15) is 4.79 Å². The van der Waals surface area contributed by atoms with Gasteiger partial charge < -0.3 is 5.11 Å². The molecule has 0 bridgehead atoms. The Morgan fingerprint density at radius 3 is 2.50 bits per heavy atom. The van der Waals surface area contributed by atoms with Crippen molar-refractivity contribution in [2.75, 3.05) is 5.32 Å². The van der Waals surface area contributed by atoms with Gasteiger partial charge in [-0.1, -0.05) is 24.3 Å². The molecule has 16 heavy (non-hydrogen) atoms. The zero-order chi connectivity index (χ0) is 11.5. The van der Waals surface area contributed by atoms with Crippen LogP contribution in [0.2, 0.25) is 0 Å². The molecular weight excluding hydrogens is 204 g/mol. The fourth-order valence-electron chi connectivity index (χ4n) is 1.62. The predicted octanol–water partition coefficient (Wildman–Crippen LogP) is 2.80. The van der Waals surface area contributed by atoms with Gasteiger partial charge in [0.05, 0.1) is 17.3 Å². The predicted molar refractivity (Wildman–Crippen MR) is 60.3 cm³/mol. The number of anilines is 1. The normalized spacial score (nSPS) is 9.69. The van der Waals surface area contributed by atoms with Gasteiger partial charge in [-0.2, -0.15) is 5.26 Å². The van der Waals surface area contributed by atoms with Gasteiger partial charge in [-0.3, -0.25) is 5.32 Å². The minimum atomic E-state index is -1.12. The molecular formula is C12H8N2O2. The number of nitrogens with zero attached hydrogens (tertiary/aromatic N) is 1. The highest BCUT2D eigenvalue weighted by atomic mass is 16.4. The first-order valence-electron chi connectivity index (χ1n) is 4.64. The van der Waals surface area contributed by atoms with E-state index in [0.717, 1.165) is 10.8 Å². The lowest BCUT2D eigenvalue weighted by Gasteiger charge is -2.06. The highest BCUT2D eigenvalue weighted by Gasteiger charge is 2.06. The summed E-state index contributed by atoms with van der Waals surface area (Å²) in [5, 5.41) is 21.4. The van der Waals surface area contributed by atoms with Gasteiger partial charge >= 0.3 is 6.09 Å². The summed E-state index contributed by atoms with van der Waals surface area (Å²) in [5.74, 6) is 0. The Morgan fingerprint density at radius 2 is 1.88 bits per heavy atom. The molecule has 4 heteroatoms. The minimum absolute atomic E-state index is 0.488. The molecule has 0 radical (unpaired) electrons. The maximum absolute atomic E-state index is 10.6. The minimum Gasteiger partial charge on any atom is -0.465 e. The van der Waals surface area contributed by atoms with Crippen molar-refractivity contribution < 1.29 is 9.90 Å². The average Bonchev–Trinajstić information content (AvgIpc) is 2.29. The van der Waals surface area contributed by atoms with Gasteiger partial charge in [0.2, 0.25) is 0 Å². The summed E-state index contributed by atoms with van der Waals surface area (Å²) in [5.41, 5.74) is 1.02. The summed E-state index contributed by atoms with van der Waals surface area (Å²) >= 11 is 0. The molecule has 1 amide bonds. The van der Waals surface area contributed by atoms with Crippen LogP contribution in [0, 0.1) is 11.3 Å². The van der Waals surface area contributed by atoms with E-state index in [-0.39, 0.29) is 0 Å². The number of amides is 1. The third kappa shape index (κ3) is 1.66. The number of hydrogen-bond donors (Lipinski definition) is 2. The van der Waals surface area contributed by atoms with Crippen molar-refractivity contribution in [3.8, 4) is 6.07 Å². The second-order valence-corrected chi connectivity index (χ2v) is 3.25. The molecule has 2 N–H and O–H groups in total. The molecule has 0 heterocycles. The molecule has 4 nitrogen and oxygen atoms in total. The Bertz CT molecular complexity index is 599. The van der Waals surface area contributed by atoms with Gasteiger partial charge in [-0.15, -0.1) is 0 Å². The van der Waals surface area contributed by atoms with Crippen LogP contribution in [0.15, 0.2) is 36.4 Å². The Hall–Kier alpha value is -2.54. The molecule has 0 saturated heterocycles. The van der Waals surface area contributed by atoms with Crippen LogP contribution in [0.25, 0.3) is 10.8 Å². The smallest absolute Gasteiger partial charge is 0.409 e. The van der Waals surface area contributed by atoms with Crippen LogP contribution in [-0.2, 0) is 0 Å². The quantitative estimate of drug-likeness (QED) is 0.763. The first kappa shape index (κ1) is 9.99. The third-order valence-corrected chi connectivity index (χ3v) is 2.29. The number of nitriles is 1. The van der Waals surface area contributed by atoms with Crippen LogP contribution in [0.3, 0.4) is 0 Å². The molecule has 0 atom stereocenters. The van der Waals surface area contributed by atoms with E-state index in [1.54, 1.807) is 30.3 Å². The SMILES string of the molecule is N#Cc1ccc(NC(=O)O)c2ccccc12. The molecule has 0 fully saturated rings. The Kier molecular flexibility index (Phi) is 2.44. The molecule has 2 rings (SSSR count). The van der Waals surface area contributed by atoms with Crippen LogP contribution in [-0.4, -0.2) is 11.2 Å². The van der Waals surface area contributed by atoms with Crippen molar-refractivity contribution >= 4 is 22.6 Å². The summed E-state index contributed by atoms with van der Waals surface area (Å²) in [6.07, 6.45) is -1.12. The van der Waals surface area contributed by atoms with Crippen molar-refractivity contribution in [3.63, 3.8) is 0 Å². The highest BCUT2D eigenvalue weighted by Crippen LogP contribution is 2.26. The third-order valence-electron chi connectivity index (χ3n) is 2.29. The summed E-state index contributed by atoms with van der Waals surface area (Å²) in [6, 6.07) is 12.5. The average molecular weight is 212 g/mol. The monoisotopic (exact) mass is 212 g/mol. The van der Waals surface area contributed by atoms with Crippen LogP contribution in [0.5, 0.6) is 0 Å². The van der Waals surface area contributed by atoms with Gasteiger partial charge in [0, 0.05) is 10.8 Å². The number of fused-ring (bicyclic) bond motifs is 1. The lowest BCUT2D eigenvalue weighted by atomic mass is 10.0. The lowest BCUT2D eigenvalue weighted by molar-refractivity contribution is 0.210. The standard InChI is InChI=1S/C12H8N2O2/c13-7-8-5-6-11(14-12(15)16)10-4-2-1-3-9(8)10/h1-6,14H,(H,15,16). The molecule has 0 spiro atoms. The molecule has 78 valence electrons. The first-order chi connectivity index (χ1) is 7.72. The maximum atomic E-state index is 10.6. The second kappa shape index (κ2) is 3.91. The van der Waals surface area contributed by atoms with Crippen molar-refractivity contribution in [2.24, 2.45) is 0 Å². The summed E-state index contributed by atoms with van der Waals surface area (Å²) in [6.45, 7) is 0. The largest absolute Gasteiger partial charge is 0.465 e. The van der Waals surface area contributed by atoms with E-state index >= 15 is 0 Å². The molecule has 0 aliphatic carbocycles. The van der Waals surface area contributed by atoms with Crippen molar-refractivity contribution in [1.82, 2.24) is 0 Å². The second-order valence-electron chi connectivity index (χ2n) is 3.25. The summed E-state index contributed by atoms with van der Waals surface area (Å²) in [4.78, 5) is 10.6. The number of nitrogens with one attached hydrogen (secondary N) is 1. The molecule has 0 aliphatic rings. The van der Waals surface area contributed by atoms with Gasteiger partial charge in [0.15, 0.2) is 0 Å². The van der Waals surface area contributed by atoms with E-state index in [2.05, 4.69) is 11.4 Å². The molecule has 0 unspecified atom stereocenters. The van der Waals surface area contributed by atoms with Crippen LogP contribution >= 0.6 is 0 Å². The van der Waals surface area contributed by atoms with Crippen LogP contribution < -0.4 is 5.32 Å². The maximum Gasteiger partial charge on any atom is 0.409 e. The number of benzene rings is 2.